The van der Waals surface area contributed by atoms with E-state index >= 15 is 0 Å². The minimum atomic E-state index is -0.222. The number of benzene rings is 1. The third-order valence-electron chi connectivity index (χ3n) is 1.93. The lowest BCUT2D eigenvalue weighted by atomic mass is 10.1. The van der Waals surface area contributed by atoms with Crippen molar-refractivity contribution in [3.8, 4) is 5.75 Å². The van der Waals surface area contributed by atoms with E-state index in [-0.39, 0.29) is 18.7 Å². The van der Waals surface area contributed by atoms with Crippen LogP contribution in [0.25, 0.3) is 6.08 Å². The molecular formula is C11H13ClO2. The maximum Gasteiger partial charge on any atom is 0.220 e. The Labute approximate surface area is 89.9 Å². The van der Waals surface area contributed by atoms with E-state index in [2.05, 4.69) is 0 Å². The van der Waals surface area contributed by atoms with Crippen LogP contribution in [-0.2, 0) is 4.74 Å². The summed E-state index contributed by atoms with van der Waals surface area (Å²) in [4.78, 5) is 0. The zero-order valence-electron chi connectivity index (χ0n) is 7.97. The Kier molecular flexibility index (Phi) is 3.98. The van der Waals surface area contributed by atoms with E-state index in [1.54, 1.807) is 0 Å². The molecular weight excluding hydrogens is 200 g/mol. The molecule has 2 rings (SSSR count). The highest BCUT2D eigenvalue weighted by Gasteiger charge is 2.12. The SMILES string of the molecule is CCOC1C=Cc2ccccc2O1.Cl. The van der Waals surface area contributed by atoms with Crippen LogP contribution in [0.2, 0.25) is 0 Å². The Balaban J connectivity index is 0.000000980. The van der Waals surface area contributed by atoms with Crippen molar-refractivity contribution in [2.24, 2.45) is 0 Å². The zero-order valence-corrected chi connectivity index (χ0v) is 8.79. The van der Waals surface area contributed by atoms with E-state index < -0.39 is 0 Å². The highest BCUT2D eigenvalue weighted by molar-refractivity contribution is 5.85. The van der Waals surface area contributed by atoms with Crippen LogP contribution in [-0.4, -0.2) is 12.9 Å². The van der Waals surface area contributed by atoms with Crippen LogP contribution in [0.1, 0.15) is 12.5 Å². The smallest absolute Gasteiger partial charge is 0.220 e. The van der Waals surface area contributed by atoms with Gasteiger partial charge >= 0.3 is 0 Å². The van der Waals surface area contributed by atoms with Crippen LogP contribution in [0.5, 0.6) is 5.75 Å². The Morgan fingerprint density at radius 1 is 1.36 bits per heavy atom. The molecule has 76 valence electrons. The molecule has 2 nitrogen and oxygen atoms in total. The van der Waals surface area contributed by atoms with E-state index in [9.17, 15) is 0 Å². The predicted molar refractivity (Wildman–Crippen MR) is 58.8 cm³/mol. The van der Waals surface area contributed by atoms with Gasteiger partial charge in [-0.15, -0.1) is 12.4 Å². The number of hydrogen-bond acceptors (Lipinski definition) is 2. The van der Waals surface area contributed by atoms with Gasteiger partial charge in [0.05, 0.1) is 0 Å². The number of para-hydroxylation sites is 1. The average Bonchev–Trinajstić information content (AvgIpc) is 2.18. The normalized spacial score (nSPS) is 17.9. The highest BCUT2D eigenvalue weighted by atomic mass is 35.5. The van der Waals surface area contributed by atoms with Crippen molar-refractivity contribution in [1.82, 2.24) is 0 Å². The molecule has 14 heavy (non-hydrogen) atoms. The van der Waals surface area contributed by atoms with E-state index in [0.29, 0.717) is 6.61 Å². The molecule has 0 spiro atoms. The molecule has 0 aliphatic carbocycles. The van der Waals surface area contributed by atoms with Crippen LogP contribution in [0.4, 0.5) is 0 Å². The zero-order chi connectivity index (χ0) is 9.10. The Morgan fingerprint density at radius 3 is 2.93 bits per heavy atom. The van der Waals surface area contributed by atoms with Gasteiger partial charge in [0.25, 0.3) is 0 Å². The first-order valence-electron chi connectivity index (χ1n) is 4.45. The van der Waals surface area contributed by atoms with Crippen LogP contribution >= 0.6 is 12.4 Å². The number of rotatable bonds is 2. The van der Waals surface area contributed by atoms with E-state index in [1.807, 2.05) is 43.3 Å². The second-order valence-corrected chi connectivity index (χ2v) is 2.84. The number of ether oxygens (including phenoxy) is 2. The first kappa shape index (κ1) is 11.1. The molecule has 0 amide bonds. The van der Waals surface area contributed by atoms with Crippen LogP contribution in [0, 0.1) is 0 Å². The maximum absolute atomic E-state index is 5.56. The molecule has 1 atom stereocenters. The summed E-state index contributed by atoms with van der Waals surface area (Å²) < 4.78 is 10.9. The van der Waals surface area contributed by atoms with Gasteiger partial charge in [-0.3, -0.25) is 0 Å². The lowest BCUT2D eigenvalue weighted by Gasteiger charge is -2.20. The van der Waals surface area contributed by atoms with Gasteiger partial charge < -0.3 is 9.47 Å². The number of fused-ring (bicyclic) bond motifs is 1. The van der Waals surface area contributed by atoms with Gasteiger partial charge in [-0.1, -0.05) is 18.2 Å². The molecule has 0 saturated heterocycles. The van der Waals surface area contributed by atoms with Gasteiger partial charge in [-0.2, -0.15) is 0 Å². The Bertz CT molecular complexity index is 323. The fourth-order valence-electron chi connectivity index (χ4n) is 1.33. The molecule has 1 aliphatic rings. The highest BCUT2D eigenvalue weighted by Crippen LogP contribution is 2.25. The predicted octanol–water partition coefficient (Wildman–Crippen LogP) is 2.88. The molecule has 0 N–H and O–H groups in total. The fourth-order valence-corrected chi connectivity index (χ4v) is 1.33. The van der Waals surface area contributed by atoms with Gasteiger partial charge in [-0.05, 0) is 25.1 Å². The molecule has 0 bridgehead atoms. The third kappa shape index (κ3) is 2.28. The molecule has 0 saturated carbocycles. The second-order valence-electron chi connectivity index (χ2n) is 2.84. The molecule has 1 aromatic rings. The largest absolute Gasteiger partial charge is 0.461 e. The van der Waals surface area contributed by atoms with Gasteiger partial charge in [0.15, 0.2) is 0 Å². The van der Waals surface area contributed by atoms with Crippen molar-refractivity contribution in [3.05, 3.63) is 35.9 Å². The van der Waals surface area contributed by atoms with Gasteiger partial charge in [-0.25, -0.2) is 0 Å². The fraction of sp³-hybridized carbons (Fsp3) is 0.273. The van der Waals surface area contributed by atoms with Crippen molar-refractivity contribution in [2.45, 2.75) is 13.2 Å². The summed E-state index contributed by atoms with van der Waals surface area (Å²) in [5.41, 5.74) is 1.11. The maximum atomic E-state index is 5.56. The molecule has 1 aromatic carbocycles. The van der Waals surface area contributed by atoms with Crippen molar-refractivity contribution in [1.29, 1.82) is 0 Å². The summed E-state index contributed by atoms with van der Waals surface area (Å²) in [6.07, 6.45) is 3.73. The molecule has 1 aliphatic heterocycles. The number of hydrogen-bond donors (Lipinski definition) is 0. The Hall–Kier alpha value is -0.990. The van der Waals surface area contributed by atoms with Crippen LogP contribution in [0.15, 0.2) is 30.3 Å². The lowest BCUT2D eigenvalue weighted by molar-refractivity contribution is -0.0414. The first-order valence-corrected chi connectivity index (χ1v) is 4.45. The summed E-state index contributed by atoms with van der Waals surface area (Å²) in [6, 6.07) is 7.92. The van der Waals surface area contributed by atoms with E-state index in [4.69, 9.17) is 9.47 Å². The van der Waals surface area contributed by atoms with Crippen molar-refractivity contribution in [2.75, 3.05) is 6.61 Å². The van der Waals surface area contributed by atoms with Gasteiger partial charge in [0, 0.05) is 12.2 Å². The summed E-state index contributed by atoms with van der Waals surface area (Å²) in [5.74, 6) is 0.892. The van der Waals surface area contributed by atoms with Crippen LogP contribution in [0.3, 0.4) is 0 Å². The first-order chi connectivity index (χ1) is 6.40. The monoisotopic (exact) mass is 212 g/mol. The summed E-state index contributed by atoms with van der Waals surface area (Å²) in [5, 5.41) is 0. The molecule has 0 radical (unpaired) electrons. The third-order valence-corrected chi connectivity index (χ3v) is 1.93. The lowest BCUT2D eigenvalue weighted by Crippen LogP contribution is -2.20. The van der Waals surface area contributed by atoms with E-state index in [0.717, 1.165) is 11.3 Å². The molecule has 1 unspecified atom stereocenters. The molecule has 0 fully saturated rings. The van der Waals surface area contributed by atoms with E-state index in [1.165, 1.54) is 0 Å². The summed E-state index contributed by atoms with van der Waals surface area (Å²) >= 11 is 0. The van der Waals surface area contributed by atoms with Crippen molar-refractivity contribution < 1.29 is 9.47 Å². The summed E-state index contributed by atoms with van der Waals surface area (Å²) in [7, 11) is 0. The van der Waals surface area contributed by atoms with Gasteiger partial charge in [0.2, 0.25) is 6.29 Å². The Morgan fingerprint density at radius 2 is 2.14 bits per heavy atom. The average molecular weight is 213 g/mol. The topological polar surface area (TPSA) is 18.5 Å². The molecule has 3 heteroatoms. The minimum absolute atomic E-state index is 0. The van der Waals surface area contributed by atoms with Crippen LogP contribution < -0.4 is 4.74 Å². The standard InChI is InChI=1S/C11H12O2.ClH/c1-2-12-11-8-7-9-5-3-4-6-10(9)13-11;/h3-8,11H,2H2,1H3;1H. The van der Waals surface area contributed by atoms with Gasteiger partial charge in [0.1, 0.15) is 5.75 Å². The van der Waals surface area contributed by atoms with Crippen molar-refractivity contribution in [3.63, 3.8) is 0 Å². The second kappa shape index (κ2) is 5.03. The molecule has 0 aromatic heterocycles. The summed E-state index contributed by atoms with van der Waals surface area (Å²) in [6.45, 7) is 2.62. The number of halogens is 1. The quantitative estimate of drug-likeness (QED) is 0.751. The molecule has 1 heterocycles. The van der Waals surface area contributed by atoms with Crippen molar-refractivity contribution >= 4 is 18.5 Å². The minimum Gasteiger partial charge on any atom is -0.461 e.